The molecular formula is C16H16Cl2O2. The van der Waals surface area contributed by atoms with Gasteiger partial charge in [-0.15, -0.1) is 0 Å². The number of rotatable bonds is 3. The molecule has 0 saturated heterocycles. The van der Waals surface area contributed by atoms with Gasteiger partial charge >= 0.3 is 0 Å². The zero-order valence-corrected chi connectivity index (χ0v) is 13.1. The second-order valence-electron chi connectivity index (χ2n) is 4.72. The van der Waals surface area contributed by atoms with Gasteiger partial charge < -0.3 is 9.84 Å². The van der Waals surface area contributed by atoms with Crippen LogP contribution in [0.5, 0.6) is 5.75 Å². The highest BCUT2D eigenvalue weighted by atomic mass is 35.5. The van der Waals surface area contributed by atoms with Crippen LogP contribution in [-0.4, -0.2) is 12.2 Å². The van der Waals surface area contributed by atoms with E-state index in [2.05, 4.69) is 0 Å². The smallest absolute Gasteiger partial charge is 0.138 e. The third-order valence-corrected chi connectivity index (χ3v) is 4.00. The lowest BCUT2D eigenvalue weighted by molar-refractivity contribution is 0.219. The summed E-state index contributed by atoms with van der Waals surface area (Å²) in [5, 5.41) is 11.5. The van der Waals surface area contributed by atoms with Gasteiger partial charge in [-0.25, -0.2) is 0 Å². The van der Waals surface area contributed by atoms with E-state index in [1.165, 1.54) is 7.11 Å². The molecule has 2 nitrogen and oxygen atoms in total. The molecule has 0 spiro atoms. The van der Waals surface area contributed by atoms with Gasteiger partial charge in [0.1, 0.15) is 11.9 Å². The molecule has 1 N–H and O–H groups in total. The van der Waals surface area contributed by atoms with Gasteiger partial charge in [-0.2, -0.15) is 0 Å². The minimum Gasteiger partial charge on any atom is -0.495 e. The Balaban J connectivity index is 2.54. The van der Waals surface area contributed by atoms with Crippen molar-refractivity contribution in [1.82, 2.24) is 0 Å². The molecule has 0 amide bonds. The first-order valence-electron chi connectivity index (χ1n) is 6.22. The van der Waals surface area contributed by atoms with Gasteiger partial charge in [-0.3, -0.25) is 0 Å². The first-order chi connectivity index (χ1) is 9.45. The van der Waals surface area contributed by atoms with E-state index < -0.39 is 6.10 Å². The number of aliphatic hydroxyl groups excluding tert-OH is 1. The molecular weight excluding hydrogens is 295 g/mol. The molecule has 0 radical (unpaired) electrons. The number of hydrogen-bond donors (Lipinski definition) is 1. The molecule has 2 aromatic rings. The zero-order valence-electron chi connectivity index (χ0n) is 11.6. The van der Waals surface area contributed by atoms with Crippen LogP contribution < -0.4 is 4.74 Å². The number of aryl methyl sites for hydroxylation is 2. The molecule has 0 aromatic heterocycles. The predicted molar refractivity (Wildman–Crippen MR) is 83.0 cm³/mol. The van der Waals surface area contributed by atoms with Crippen molar-refractivity contribution in [3.05, 3.63) is 62.6 Å². The van der Waals surface area contributed by atoms with Crippen LogP contribution in [0.4, 0.5) is 0 Å². The van der Waals surface area contributed by atoms with Crippen molar-refractivity contribution in [3.8, 4) is 5.75 Å². The summed E-state index contributed by atoms with van der Waals surface area (Å²) in [5.74, 6) is 0.495. The molecule has 0 bridgehead atoms. The standard InChI is InChI=1S/C16H16Cl2O2/c1-9-5-4-6-10(2)15(9)16(19)11-7-13(18)14(20-3)8-12(11)17/h4-8,16,19H,1-3H3. The van der Waals surface area contributed by atoms with Gasteiger partial charge in [0, 0.05) is 11.6 Å². The molecule has 20 heavy (non-hydrogen) atoms. The van der Waals surface area contributed by atoms with Gasteiger partial charge in [-0.1, -0.05) is 41.4 Å². The van der Waals surface area contributed by atoms with Crippen molar-refractivity contribution >= 4 is 23.2 Å². The minimum absolute atomic E-state index is 0.428. The minimum atomic E-state index is -0.813. The lowest BCUT2D eigenvalue weighted by Gasteiger charge is -2.19. The van der Waals surface area contributed by atoms with E-state index in [0.29, 0.717) is 21.4 Å². The van der Waals surface area contributed by atoms with E-state index in [4.69, 9.17) is 27.9 Å². The number of halogens is 2. The van der Waals surface area contributed by atoms with Gasteiger partial charge in [-0.05, 0) is 36.6 Å². The topological polar surface area (TPSA) is 29.5 Å². The average molecular weight is 311 g/mol. The summed E-state index contributed by atoms with van der Waals surface area (Å²) in [6.07, 6.45) is -0.813. The van der Waals surface area contributed by atoms with Crippen molar-refractivity contribution in [1.29, 1.82) is 0 Å². The Labute approximate surface area is 128 Å². The summed E-state index contributed by atoms with van der Waals surface area (Å²) >= 11 is 12.3. The number of benzene rings is 2. The lowest BCUT2D eigenvalue weighted by atomic mass is 9.93. The number of ether oxygens (including phenoxy) is 1. The van der Waals surface area contributed by atoms with Gasteiger partial charge in [0.25, 0.3) is 0 Å². The van der Waals surface area contributed by atoms with E-state index in [1.807, 2.05) is 32.0 Å². The average Bonchev–Trinajstić information content (AvgIpc) is 2.40. The van der Waals surface area contributed by atoms with Crippen molar-refractivity contribution < 1.29 is 9.84 Å². The third kappa shape index (κ3) is 2.78. The Bertz CT molecular complexity index is 618. The van der Waals surface area contributed by atoms with Crippen LogP contribution in [0.1, 0.15) is 28.4 Å². The molecule has 1 atom stereocenters. The van der Waals surface area contributed by atoms with Gasteiger partial charge in [0.15, 0.2) is 0 Å². The largest absolute Gasteiger partial charge is 0.495 e. The molecule has 0 fully saturated rings. The SMILES string of the molecule is COc1cc(Cl)c(C(O)c2c(C)cccc2C)cc1Cl. The zero-order chi connectivity index (χ0) is 14.9. The third-order valence-electron chi connectivity index (χ3n) is 3.38. The fourth-order valence-corrected chi connectivity index (χ4v) is 2.83. The highest BCUT2D eigenvalue weighted by Gasteiger charge is 2.19. The molecule has 2 aromatic carbocycles. The molecule has 0 aliphatic rings. The summed E-state index contributed by atoms with van der Waals surface area (Å²) in [6, 6.07) is 9.16. The maximum absolute atomic E-state index is 10.6. The molecule has 2 rings (SSSR count). The fourth-order valence-electron chi connectivity index (χ4n) is 2.32. The normalized spacial score (nSPS) is 12.3. The Morgan fingerprint density at radius 2 is 1.65 bits per heavy atom. The van der Waals surface area contributed by atoms with Crippen molar-refractivity contribution in [2.45, 2.75) is 20.0 Å². The highest BCUT2D eigenvalue weighted by Crippen LogP contribution is 2.37. The van der Waals surface area contributed by atoms with E-state index in [9.17, 15) is 5.11 Å². The number of aliphatic hydroxyl groups is 1. The van der Waals surface area contributed by atoms with Crippen LogP contribution in [0.15, 0.2) is 30.3 Å². The van der Waals surface area contributed by atoms with E-state index >= 15 is 0 Å². The number of methoxy groups -OCH3 is 1. The van der Waals surface area contributed by atoms with Crippen molar-refractivity contribution in [2.24, 2.45) is 0 Å². The molecule has 4 heteroatoms. The Kier molecular flexibility index (Phi) is 4.59. The molecule has 0 aliphatic carbocycles. The number of hydrogen-bond acceptors (Lipinski definition) is 2. The lowest BCUT2D eigenvalue weighted by Crippen LogP contribution is -2.05. The van der Waals surface area contributed by atoms with Crippen LogP contribution in [0.25, 0.3) is 0 Å². The molecule has 0 saturated carbocycles. The second kappa shape index (κ2) is 6.04. The summed E-state index contributed by atoms with van der Waals surface area (Å²) in [7, 11) is 1.53. The summed E-state index contributed by atoms with van der Waals surface area (Å²) in [6.45, 7) is 3.93. The Morgan fingerprint density at radius 3 is 2.20 bits per heavy atom. The van der Waals surface area contributed by atoms with Crippen LogP contribution in [0, 0.1) is 13.8 Å². The van der Waals surface area contributed by atoms with Crippen LogP contribution in [0.3, 0.4) is 0 Å². The Hall–Kier alpha value is -1.22. The van der Waals surface area contributed by atoms with Gasteiger partial charge in [0.05, 0.1) is 17.2 Å². The highest BCUT2D eigenvalue weighted by molar-refractivity contribution is 6.34. The molecule has 0 aliphatic heterocycles. The van der Waals surface area contributed by atoms with Crippen LogP contribution in [0.2, 0.25) is 10.0 Å². The maximum Gasteiger partial charge on any atom is 0.138 e. The van der Waals surface area contributed by atoms with Crippen molar-refractivity contribution in [2.75, 3.05) is 7.11 Å². The quantitative estimate of drug-likeness (QED) is 0.890. The van der Waals surface area contributed by atoms with Gasteiger partial charge in [0.2, 0.25) is 0 Å². The van der Waals surface area contributed by atoms with E-state index in [0.717, 1.165) is 16.7 Å². The summed E-state index contributed by atoms with van der Waals surface area (Å²) in [4.78, 5) is 0. The monoisotopic (exact) mass is 310 g/mol. The predicted octanol–water partition coefficient (Wildman–Crippen LogP) is 4.70. The van der Waals surface area contributed by atoms with Crippen molar-refractivity contribution in [3.63, 3.8) is 0 Å². The summed E-state index contributed by atoms with van der Waals surface area (Å²) in [5.41, 5.74) is 3.46. The maximum atomic E-state index is 10.6. The van der Waals surface area contributed by atoms with E-state index in [1.54, 1.807) is 12.1 Å². The van der Waals surface area contributed by atoms with Crippen LogP contribution >= 0.6 is 23.2 Å². The fraction of sp³-hybridized carbons (Fsp3) is 0.250. The first kappa shape index (κ1) is 15.2. The van der Waals surface area contributed by atoms with Crippen LogP contribution in [-0.2, 0) is 0 Å². The van der Waals surface area contributed by atoms with E-state index in [-0.39, 0.29) is 0 Å². The molecule has 1 unspecified atom stereocenters. The second-order valence-corrected chi connectivity index (χ2v) is 5.53. The molecule has 0 heterocycles. The Morgan fingerprint density at radius 1 is 1.05 bits per heavy atom. The first-order valence-corrected chi connectivity index (χ1v) is 6.98. The summed E-state index contributed by atoms with van der Waals surface area (Å²) < 4.78 is 5.12. The molecule has 106 valence electrons.